The molecule has 0 saturated heterocycles. The van der Waals surface area contributed by atoms with Crippen molar-refractivity contribution in [2.75, 3.05) is 24.2 Å². The summed E-state index contributed by atoms with van der Waals surface area (Å²) in [5, 5.41) is 5.91. The van der Waals surface area contributed by atoms with E-state index in [-0.39, 0.29) is 5.82 Å². The summed E-state index contributed by atoms with van der Waals surface area (Å²) in [6.45, 7) is 2.81. The van der Waals surface area contributed by atoms with Crippen LogP contribution in [0.1, 0.15) is 22.2 Å². The van der Waals surface area contributed by atoms with Crippen LogP contribution in [0, 0.1) is 0 Å². The van der Waals surface area contributed by atoms with Crippen LogP contribution in [0.3, 0.4) is 0 Å². The third kappa shape index (κ3) is 3.45. The minimum Gasteiger partial charge on any atom is -0.462 e. The Morgan fingerprint density at radius 2 is 2.42 bits per heavy atom. The molecule has 0 bridgehead atoms. The first-order valence-corrected chi connectivity index (χ1v) is 7.56. The summed E-state index contributed by atoms with van der Waals surface area (Å²) in [6.07, 6.45) is 0.901. The van der Waals surface area contributed by atoms with E-state index in [4.69, 9.17) is 10.5 Å². The van der Waals surface area contributed by atoms with E-state index >= 15 is 0 Å². The number of nitrogen functional groups attached to an aromatic ring is 1. The van der Waals surface area contributed by atoms with Crippen LogP contribution in [-0.2, 0) is 11.2 Å². The van der Waals surface area contributed by atoms with Gasteiger partial charge in [0.2, 0.25) is 0 Å². The fourth-order valence-electron chi connectivity index (χ4n) is 1.58. The second kappa shape index (κ2) is 6.53. The zero-order valence-corrected chi connectivity index (χ0v) is 12.1. The van der Waals surface area contributed by atoms with E-state index in [1.54, 1.807) is 18.3 Å². The molecule has 0 spiro atoms. The van der Waals surface area contributed by atoms with Gasteiger partial charge in [-0.15, -0.1) is 11.3 Å². The second-order valence-electron chi connectivity index (χ2n) is 3.75. The molecule has 0 amide bonds. The quantitative estimate of drug-likeness (QED) is 0.801. The van der Waals surface area contributed by atoms with Gasteiger partial charge in [0, 0.05) is 11.4 Å². The van der Waals surface area contributed by atoms with Crippen LogP contribution in [0.5, 0.6) is 0 Å². The fourth-order valence-corrected chi connectivity index (χ4v) is 3.01. The van der Waals surface area contributed by atoms with Gasteiger partial charge in [0.15, 0.2) is 5.82 Å². The van der Waals surface area contributed by atoms with E-state index < -0.39 is 5.97 Å². The van der Waals surface area contributed by atoms with Crippen LogP contribution < -0.4 is 11.1 Å². The number of rotatable bonds is 6. The predicted octanol–water partition coefficient (Wildman–Crippen LogP) is 2.62. The molecule has 2 aromatic rings. The van der Waals surface area contributed by atoms with Gasteiger partial charge in [-0.1, -0.05) is 6.07 Å². The molecular formula is C12H15N3O2S2. The molecule has 0 aliphatic carbocycles. The van der Waals surface area contributed by atoms with Crippen LogP contribution in [0.2, 0.25) is 0 Å². The lowest BCUT2D eigenvalue weighted by Gasteiger charge is -2.06. The standard InChI is InChI=1S/C12H15N3O2S2/c1-2-17-12(16)9-10(13)15-19-11(9)14-6-5-8-4-3-7-18-8/h3-4,7,14H,2,5-6H2,1H3,(H2,13,15). The number of carbonyl (C=O) groups excluding carboxylic acids is 1. The van der Waals surface area contributed by atoms with E-state index in [1.165, 1.54) is 16.4 Å². The van der Waals surface area contributed by atoms with E-state index in [0.29, 0.717) is 17.2 Å². The number of anilines is 2. The Kier molecular flexibility index (Phi) is 4.75. The Morgan fingerprint density at radius 1 is 1.58 bits per heavy atom. The molecule has 0 fully saturated rings. The number of hydrogen-bond acceptors (Lipinski definition) is 7. The van der Waals surface area contributed by atoms with Crippen molar-refractivity contribution in [2.24, 2.45) is 0 Å². The number of thiophene rings is 1. The molecule has 19 heavy (non-hydrogen) atoms. The Hall–Kier alpha value is -1.60. The number of hydrogen-bond donors (Lipinski definition) is 2. The third-order valence-corrected chi connectivity index (χ3v) is 4.19. The molecule has 0 radical (unpaired) electrons. The molecule has 7 heteroatoms. The molecule has 0 aliphatic heterocycles. The van der Waals surface area contributed by atoms with Gasteiger partial charge in [-0.2, -0.15) is 4.37 Å². The maximum Gasteiger partial charge on any atom is 0.344 e. The highest BCUT2D eigenvalue weighted by Gasteiger charge is 2.20. The molecule has 3 N–H and O–H groups in total. The molecule has 2 heterocycles. The molecule has 102 valence electrons. The van der Waals surface area contributed by atoms with Gasteiger partial charge in [-0.3, -0.25) is 0 Å². The summed E-state index contributed by atoms with van der Waals surface area (Å²) in [7, 11) is 0. The van der Waals surface area contributed by atoms with E-state index in [1.807, 2.05) is 11.4 Å². The molecule has 0 aliphatic rings. The Balaban J connectivity index is 1.98. The molecule has 2 aromatic heterocycles. The van der Waals surface area contributed by atoms with Gasteiger partial charge in [0.25, 0.3) is 0 Å². The summed E-state index contributed by atoms with van der Waals surface area (Å²) in [5.41, 5.74) is 6.04. The van der Waals surface area contributed by atoms with Crippen molar-refractivity contribution in [1.29, 1.82) is 0 Å². The SMILES string of the molecule is CCOC(=O)c1c(N)nsc1NCCc1cccs1. The highest BCUT2D eigenvalue weighted by atomic mass is 32.1. The van der Waals surface area contributed by atoms with Crippen LogP contribution in [-0.4, -0.2) is 23.5 Å². The van der Waals surface area contributed by atoms with Crippen LogP contribution >= 0.6 is 22.9 Å². The van der Waals surface area contributed by atoms with Crippen LogP contribution in [0.4, 0.5) is 10.8 Å². The van der Waals surface area contributed by atoms with Gasteiger partial charge in [-0.25, -0.2) is 4.79 Å². The minimum absolute atomic E-state index is 0.224. The predicted molar refractivity (Wildman–Crippen MR) is 79.0 cm³/mol. The van der Waals surface area contributed by atoms with Crippen molar-refractivity contribution in [3.05, 3.63) is 28.0 Å². The van der Waals surface area contributed by atoms with E-state index in [9.17, 15) is 4.79 Å². The molecule has 0 saturated carbocycles. The zero-order valence-electron chi connectivity index (χ0n) is 10.5. The Bertz CT molecular complexity index is 537. The average Bonchev–Trinajstić information content (AvgIpc) is 3.00. The lowest BCUT2D eigenvalue weighted by atomic mass is 10.3. The average molecular weight is 297 g/mol. The summed E-state index contributed by atoms with van der Waals surface area (Å²) < 4.78 is 8.96. The number of ether oxygens (including phenoxy) is 1. The second-order valence-corrected chi connectivity index (χ2v) is 5.55. The number of aromatic nitrogens is 1. The Morgan fingerprint density at radius 3 is 3.11 bits per heavy atom. The van der Waals surface area contributed by atoms with E-state index in [2.05, 4.69) is 15.8 Å². The van der Waals surface area contributed by atoms with Crippen molar-refractivity contribution < 1.29 is 9.53 Å². The third-order valence-electron chi connectivity index (χ3n) is 2.44. The monoisotopic (exact) mass is 297 g/mol. The number of carbonyl (C=O) groups is 1. The van der Waals surface area contributed by atoms with Crippen LogP contribution in [0.15, 0.2) is 17.5 Å². The van der Waals surface area contributed by atoms with Crippen molar-refractivity contribution >= 4 is 39.7 Å². The number of nitrogens with one attached hydrogen (secondary N) is 1. The lowest BCUT2D eigenvalue weighted by Crippen LogP contribution is -2.11. The van der Waals surface area contributed by atoms with Crippen molar-refractivity contribution in [3.8, 4) is 0 Å². The highest BCUT2D eigenvalue weighted by Crippen LogP contribution is 2.27. The summed E-state index contributed by atoms with van der Waals surface area (Å²) in [5.74, 6) is -0.200. The molecule has 5 nitrogen and oxygen atoms in total. The molecule has 0 unspecified atom stereocenters. The summed E-state index contributed by atoms with van der Waals surface area (Å²) in [6, 6.07) is 4.11. The van der Waals surface area contributed by atoms with Crippen molar-refractivity contribution in [3.63, 3.8) is 0 Å². The molecule has 0 aromatic carbocycles. The normalized spacial score (nSPS) is 10.4. The van der Waals surface area contributed by atoms with Crippen molar-refractivity contribution in [1.82, 2.24) is 4.37 Å². The topological polar surface area (TPSA) is 77.2 Å². The van der Waals surface area contributed by atoms with Crippen molar-refractivity contribution in [2.45, 2.75) is 13.3 Å². The summed E-state index contributed by atoms with van der Waals surface area (Å²) >= 11 is 2.90. The largest absolute Gasteiger partial charge is 0.462 e. The van der Waals surface area contributed by atoms with Gasteiger partial charge < -0.3 is 15.8 Å². The highest BCUT2D eigenvalue weighted by molar-refractivity contribution is 7.11. The fraction of sp³-hybridized carbons (Fsp3) is 0.333. The first-order chi connectivity index (χ1) is 9.22. The number of nitrogens with zero attached hydrogens (tertiary/aromatic N) is 1. The number of esters is 1. The van der Waals surface area contributed by atoms with Gasteiger partial charge in [-0.05, 0) is 36.3 Å². The Labute approximate surface area is 119 Å². The first kappa shape index (κ1) is 13.8. The van der Waals surface area contributed by atoms with E-state index in [0.717, 1.165) is 13.0 Å². The number of nitrogens with two attached hydrogens (primary N) is 1. The first-order valence-electron chi connectivity index (χ1n) is 5.91. The lowest BCUT2D eigenvalue weighted by molar-refractivity contribution is 0.0529. The van der Waals surface area contributed by atoms with Crippen LogP contribution in [0.25, 0.3) is 0 Å². The van der Waals surface area contributed by atoms with Gasteiger partial charge >= 0.3 is 5.97 Å². The molecule has 0 atom stereocenters. The smallest absolute Gasteiger partial charge is 0.344 e. The molecular weight excluding hydrogens is 282 g/mol. The maximum atomic E-state index is 11.8. The molecule has 2 rings (SSSR count). The minimum atomic E-state index is -0.424. The van der Waals surface area contributed by atoms with Gasteiger partial charge in [0.1, 0.15) is 10.6 Å². The zero-order chi connectivity index (χ0) is 13.7. The summed E-state index contributed by atoms with van der Waals surface area (Å²) in [4.78, 5) is 13.1. The van der Waals surface area contributed by atoms with Gasteiger partial charge in [0.05, 0.1) is 6.61 Å². The maximum absolute atomic E-state index is 11.8.